The molecule has 1 unspecified atom stereocenters. The molecule has 0 aliphatic carbocycles. The maximum atomic E-state index is 5.72. The van der Waals surface area contributed by atoms with Gasteiger partial charge in [-0.2, -0.15) is 0 Å². The van der Waals surface area contributed by atoms with E-state index in [1.165, 1.54) is 0 Å². The zero-order valence-electron chi connectivity index (χ0n) is 11.9. The van der Waals surface area contributed by atoms with Crippen molar-refractivity contribution in [2.24, 2.45) is 0 Å². The Kier molecular flexibility index (Phi) is 4.51. The molecule has 1 atom stereocenters. The van der Waals surface area contributed by atoms with E-state index in [4.69, 9.17) is 13.9 Å². The fourth-order valence-electron chi connectivity index (χ4n) is 2.39. The number of hydrogen-bond donors (Lipinski definition) is 1. The molecule has 0 radical (unpaired) electrons. The molecule has 0 amide bonds. The number of hydrogen-bond acceptors (Lipinski definition) is 4. The second-order valence-electron chi connectivity index (χ2n) is 4.93. The Labute approximate surface area is 132 Å². The fraction of sp³-hybridized carbons (Fsp3) is 0.375. The van der Waals surface area contributed by atoms with Gasteiger partial charge in [0.1, 0.15) is 19.0 Å². The number of furan rings is 1. The van der Waals surface area contributed by atoms with Crippen LogP contribution >= 0.6 is 15.9 Å². The molecule has 0 bridgehead atoms. The Balaban J connectivity index is 1.92. The predicted molar refractivity (Wildman–Crippen MR) is 84.0 cm³/mol. The summed E-state index contributed by atoms with van der Waals surface area (Å²) in [6, 6.07) is 9.94. The van der Waals surface area contributed by atoms with Gasteiger partial charge in [-0.05, 0) is 58.7 Å². The molecule has 112 valence electrons. The zero-order chi connectivity index (χ0) is 14.7. The summed E-state index contributed by atoms with van der Waals surface area (Å²) in [5.74, 6) is 2.49. The standard InChI is InChI=1S/C16H18BrNO3/c1-2-7-18-16(13-5-6-15(17)21-13)11-3-4-12-14(10-11)20-9-8-19-12/h3-6,10,16,18H,2,7-9H2,1H3. The van der Waals surface area contributed by atoms with Gasteiger partial charge in [-0.25, -0.2) is 0 Å². The number of fused-ring (bicyclic) bond motifs is 1. The second-order valence-corrected chi connectivity index (χ2v) is 5.71. The average Bonchev–Trinajstić information content (AvgIpc) is 2.94. The van der Waals surface area contributed by atoms with Crippen LogP contribution in [0, 0.1) is 0 Å². The summed E-state index contributed by atoms with van der Waals surface area (Å²) in [5, 5.41) is 3.51. The number of nitrogens with one attached hydrogen (secondary N) is 1. The van der Waals surface area contributed by atoms with Gasteiger partial charge in [0.25, 0.3) is 0 Å². The van der Waals surface area contributed by atoms with Crippen LogP contribution < -0.4 is 14.8 Å². The van der Waals surface area contributed by atoms with E-state index >= 15 is 0 Å². The number of rotatable bonds is 5. The minimum absolute atomic E-state index is 0.00655. The van der Waals surface area contributed by atoms with Crippen molar-refractivity contribution in [3.63, 3.8) is 0 Å². The molecule has 1 N–H and O–H groups in total. The van der Waals surface area contributed by atoms with Crippen molar-refractivity contribution in [2.75, 3.05) is 19.8 Å². The van der Waals surface area contributed by atoms with Crippen LogP contribution in [0.3, 0.4) is 0 Å². The first kappa shape index (κ1) is 14.5. The molecule has 5 heteroatoms. The maximum Gasteiger partial charge on any atom is 0.169 e. The third-order valence-electron chi connectivity index (χ3n) is 3.38. The Morgan fingerprint density at radius 3 is 2.67 bits per heavy atom. The Morgan fingerprint density at radius 2 is 1.95 bits per heavy atom. The molecule has 3 rings (SSSR count). The molecular weight excluding hydrogens is 334 g/mol. The number of benzene rings is 1. The van der Waals surface area contributed by atoms with E-state index in [0.29, 0.717) is 13.2 Å². The first-order valence-corrected chi connectivity index (χ1v) is 7.95. The normalized spacial score (nSPS) is 15.0. The summed E-state index contributed by atoms with van der Waals surface area (Å²) in [6.07, 6.45) is 1.06. The van der Waals surface area contributed by atoms with Gasteiger partial charge in [-0.15, -0.1) is 0 Å². The first-order valence-electron chi connectivity index (χ1n) is 7.16. The lowest BCUT2D eigenvalue weighted by Crippen LogP contribution is -2.23. The van der Waals surface area contributed by atoms with Gasteiger partial charge >= 0.3 is 0 Å². The minimum atomic E-state index is 0.00655. The molecule has 1 aromatic carbocycles. The van der Waals surface area contributed by atoms with Gasteiger partial charge in [0.05, 0.1) is 6.04 Å². The van der Waals surface area contributed by atoms with Crippen molar-refractivity contribution in [1.82, 2.24) is 5.32 Å². The van der Waals surface area contributed by atoms with E-state index in [-0.39, 0.29) is 6.04 Å². The molecule has 2 aromatic rings. The molecule has 1 aliphatic rings. The van der Waals surface area contributed by atoms with Gasteiger partial charge in [0, 0.05) is 0 Å². The summed E-state index contributed by atoms with van der Waals surface area (Å²) in [6.45, 7) is 4.26. The van der Waals surface area contributed by atoms with Crippen molar-refractivity contribution < 1.29 is 13.9 Å². The van der Waals surface area contributed by atoms with Crippen LogP contribution in [0.2, 0.25) is 0 Å². The van der Waals surface area contributed by atoms with Crippen LogP contribution in [-0.4, -0.2) is 19.8 Å². The highest BCUT2D eigenvalue weighted by atomic mass is 79.9. The lowest BCUT2D eigenvalue weighted by atomic mass is 10.0. The third-order valence-corrected chi connectivity index (χ3v) is 3.80. The van der Waals surface area contributed by atoms with E-state index in [2.05, 4.69) is 34.2 Å². The van der Waals surface area contributed by atoms with Crippen LogP contribution in [0.5, 0.6) is 11.5 Å². The molecule has 0 saturated heterocycles. The minimum Gasteiger partial charge on any atom is -0.486 e. The van der Waals surface area contributed by atoms with Crippen molar-refractivity contribution in [1.29, 1.82) is 0 Å². The molecule has 0 saturated carbocycles. The van der Waals surface area contributed by atoms with Gasteiger partial charge in [0.15, 0.2) is 16.2 Å². The molecule has 4 nitrogen and oxygen atoms in total. The van der Waals surface area contributed by atoms with Crippen molar-refractivity contribution in [3.05, 3.63) is 46.3 Å². The van der Waals surface area contributed by atoms with Gasteiger partial charge in [0.2, 0.25) is 0 Å². The Bertz CT molecular complexity index is 611. The first-order chi connectivity index (χ1) is 10.3. The van der Waals surface area contributed by atoms with E-state index < -0.39 is 0 Å². The van der Waals surface area contributed by atoms with E-state index in [0.717, 1.165) is 40.5 Å². The average molecular weight is 352 g/mol. The topological polar surface area (TPSA) is 43.6 Å². The lowest BCUT2D eigenvalue weighted by Gasteiger charge is -2.22. The Hall–Kier alpha value is -1.46. The smallest absolute Gasteiger partial charge is 0.169 e. The fourth-order valence-corrected chi connectivity index (χ4v) is 2.71. The van der Waals surface area contributed by atoms with Crippen LogP contribution in [0.15, 0.2) is 39.4 Å². The quantitative estimate of drug-likeness (QED) is 0.886. The Morgan fingerprint density at radius 1 is 1.14 bits per heavy atom. The molecule has 1 aliphatic heterocycles. The van der Waals surface area contributed by atoms with E-state index in [1.807, 2.05) is 24.3 Å². The molecule has 21 heavy (non-hydrogen) atoms. The largest absolute Gasteiger partial charge is 0.486 e. The van der Waals surface area contributed by atoms with Crippen LogP contribution in [0.25, 0.3) is 0 Å². The summed E-state index contributed by atoms with van der Waals surface area (Å²) in [7, 11) is 0. The molecular formula is C16H18BrNO3. The highest BCUT2D eigenvalue weighted by molar-refractivity contribution is 9.10. The highest BCUT2D eigenvalue weighted by Gasteiger charge is 2.20. The predicted octanol–water partition coefficient (Wildman–Crippen LogP) is 3.90. The van der Waals surface area contributed by atoms with E-state index in [1.54, 1.807) is 0 Å². The molecule has 1 aromatic heterocycles. The summed E-state index contributed by atoms with van der Waals surface area (Å²) in [5.41, 5.74) is 1.11. The highest BCUT2D eigenvalue weighted by Crippen LogP contribution is 2.35. The van der Waals surface area contributed by atoms with Crippen molar-refractivity contribution in [2.45, 2.75) is 19.4 Å². The van der Waals surface area contributed by atoms with Crippen LogP contribution in [0.1, 0.15) is 30.7 Å². The summed E-state index contributed by atoms with van der Waals surface area (Å²) < 4.78 is 17.7. The second kappa shape index (κ2) is 6.54. The maximum absolute atomic E-state index is 5.72. The van der Waals surface area contributed by atoms with Gasteiger partial charge < -0.3 is 19.2 Å². The summed E-state index contributed by atoms with van der Waals surface area (Å²) >= 11 is 3.36. The van der Waals surface area contributed by atoms with Crippen LogP contribution in [0.4, 0.5) is 0 Å². The number of halogens is 1. The van der Waals surface area contributed by atoms with E-state index in [9.17, 15) is 0 Å². The van der Waals surface area contributed by atoms with Gasteiger partial charge in [-0.1, -0.05) is 13.0 Å². The molecule has 0 fully saturated rings. The van der Waals surface area contributed by atoms with Crippen molar-refractivity contribution in [3.8, 4) is 11.5 Å². The third kappa shape index (κ3) is 3.24. The van der Waals surface area contributed by atoms with Gasteiger partial charge in [-0.3, -0.25) is 0 Å². The number of ether oxygens (including phenoxy) is 2. The molecule has 0 spiro atoms. The zero-order valence-corrected chi connectivity index (χ0v) is 13.5. The lowest BCUT2D eigenvalue weighted by molar-refractivity contribution is 0.171. The molecule has 2 heterocycles. The monoisotopic (exact) mass is 351 g/mol. The summed E-state index contributed by atoms with van der Waals surface area (Å²) in [4.78, 5) is 0. The van der Waals surface area contributed by atoms with Crippen LogP contribution in [-0.2, 0) is 0 Å². The SMILES string of the molecule is CCCNC(c1ccc2c(c1)OCCO2)c1ccc(Br)o1. The van der Waals surface area contributed by atoms with Crippen molar-refractivity contribution >= 4 is 15.9 Å².